The van der Waals surface area contributed by atoms with Crippen LogP contribution in [0.4, 0.5) is 0 Å². The molecule has 3 nitrogen and oxygen atoms in total. The Hall–Kier alpha value is -0.900. The van der Waals surface area contributed by atoms with E-state index in [9.17, 15) is 5.11 Å². The summed E-state index contributed by atoms with van der Waals surface area (Å²) in [6.07, 6.45) is 0.132. The largest absolute Gasteiger partial charge is 0.388 e. The molecule has 0 aromatic heterocycles. The van der Waals surface area contributed by atoms with E-state index in [2.05, 4.69) is 0 Å². The summed E-state index contributed by atoms with van der Waals surface area (Å²) < 4.78 is 5.02. The molecular weight excluding hydrogens is 178 g/mol. The van der Waals surface area contributed by atoms with Crippen molar-refractivity contribution in [3.05, 3.63) is 35.4 Å². The van der Waals surface area contributed by atoms with Gasteiger partial charge in [0.25, 0.3) is 0 Å². The minimum Gasteiger partial charge on any atom is -0.388 e. The van der Waals surface area contributed by atoms with Gasteiger partial charge < -0.3 is 15.6 Å². The summed E-state index contributed by atoms with van der Waals surface area (Å²) in [5.41, 5.74) is 7.36. The van der Waals surface area contributed by atoms with Gasteiger partial charge in [0.05, 0.1) is 12.7 Å². The first-order valence-electron chi connectivity index (χ1n) is 4.74. The van der Waals surface area contributed by atoms with Gasteiger partial charge in [0.2, 0.25) is 0 Å². The van der Waals surface area contributed by atoms with Crippen molar-refractivity contribution in [2.24, 2.45) is 5.73 Å². The van der Waals surface area contributed by atoms with Gasteiger partial charge in [0, 0.05) is 7.11 Å². The third-order valence-electron chi connectivity index (χ3n) is 2.09. The molecule has 0 spiro atoms. The lowest BCUT2D eigenvalue weighted by molar-refractivity contribution is 0.168. The average molecular weight is 195 g/mol. The van der Waals surface area contributed by atoms with E-state index in [0.29, 0.717) is 19.6 Å². The Balaban J connectivity index is 2.71. The first-order valence-corrected chi connectivity index (χ1v) is 4.74. The van der Waals surface area contributed by atoms with Crippen LogP contribution in [-0.2, 0) is 11.3 Å². The van der Waals surface area contributed by atoms with Gasteiger partial charge in [0.1, 0.15) is 0 Å². The second-order valence-electron chi connectivity index (χ2n) is 3.27. The minimum absolute atomic E-state index is 0.461. The Morgan fingerprint density at radius 1 is 1.50 bits per heavy atom. The molecule has 0 radical (unpaired) electrons. The minimum atomic E-state index is -0.461. The van der Waals surface area contributed by atoms with Crippen LogP contribution in [0.15, 0.2) is 24.3 Å². The highest BCUT2D eigenvalue weighted by Gasteiger charge is 2.06. The summed E-state index contributed by atoms with van der Waals surface area (Å²) in [4.78, 5) is 0. The van der Waals surface area contributed by atoms with Crippen molar-refractivity contribution in [3.63, 3.8) is 0 Å². The van der Waals surface area contributed by atoms with Gasteiger partial charge >= 0.3 is 0 Å². The highest BCUT2D eigenvalue weighted by Crippen LogP contribution is 2.17. The lowest BCUT2D eigenvalue weighted by Crippen LogP contribution is -2.07. The van der Waals surface area contributed by atoms with E-state index in [0.717, 1.165) is 11.1 Å². The Kier molecular flexibility index (Phi) is 4.59. The summed E-state index contributed by atoms with van der Waals surface area (Å²) >= 11 is 0. The van der Waals surface area contributed by atoms with Gasteiger partial charge in [-0.1, -0.05) is 24.3 Å². The number of aliphatic hydroxyl groups excluding tert-OH is 1. The molecule has 1 aromatic carbocycles. The van der Waals surface area contributed by atoms with Crippen LogP contribution < -0.4 is 5.73 Å². The van der Waals surface area contributed by atoms with Crippen molar-refractivity contribution in [3.8, 4) is 0 Å². The summed E-state index contributed by atoms with van der Waals surface area (Å²) in [6, 6.07) is 7.74. The van der Waals surface area contributed by atoms with Crippen LogP contribution in [0.25, 0.3) is 0 Å². The van der Waals surface area contributed by atoms with Crippen LogP contribution >= 0.6 is 0 Å². The maximum atomic E-state index is 9.69. The molecule has 78 valence electrons. The number of nitrogens with two attached hydrogens (primary N) is 1. The first kappa shape index (κ1) is 11.2. The molecule has 0 aliphatic carbocycles. The Bertz CT molecular complexity index is 276. The van der Waals surface area contributed by atoms with Gasteiger partial charge in [-0.2, -0.15) is 0 Å². The first-order chi connectivity index (χ1) is 6.77. The van der Waals surface area contributed by atoms with Gasteiger partial charge in [0.15, 0.2) is 0 Å². The molecule has 3 heteroatoms. The third-order valence-corrected chi connectivity index (χ3v) is 2.09. The predicted octanol–water partition coefficient (Wildman–Crippen LogP) is 1.22. The van der Waals surface area contributed by atoms with Crippen molar-refractivity contribution in [1.82, 2.24) is 0 Å². The number of hydrogen-bond donors (Lipinski definition) is 2. The number of aliphatic hydroxyl groups is 1. The van der Waals surface area contributed by atoms with Gasteiger partial charge in [-0.3, -0.25) is 0 Å². The smallest absolute Gasteiger partial charge is 0.0802 e. The summed E-state index contributed by atoms with van der Waals surface area (Å²) in [5, 5.41) is 9.69. The SMILES string of the molecule is COCc1cccc(C(O)CCN)c1. The molecule has 0 heterocycles. The van der Waals surface area contributed by atoms with E-state index < -0.39 is 6.10 Å². The van der Waals surface area contributed by atoms with Crippen LogP contribution in [0.5, 0.6) is 0 Å². The molecule has 14 heavy (non-hydrogen) atoms. The Morgan fingerprint density at radius 2 is 2.29 bits per heavy atom. The molecule has 1 aromatic rings. The van der Waals surface area contributed by atoms with Crippen LogP contribution in [0.3, 0.4) is 0 Å². The predicted molar refractivity (Wildman–Crippen MR) is 55.8 cm³/mol. The van der Waals surface area contributed by atoms with E-state index in [-0.39, 0.29) is 0 Å². The third kappa shape index (κ3) is 3.10. The zero-order chi connectivity index (χ0) is 10.4. The lowest BCUT2D eigenvalue weighted by Gasteiger charge is -2.10. The van der Waals surface area contributed by atoms with E-state index in [1.165, 1.54) is 0 Å². The fraction of sp³-hybridized carbons (Fsp3) is 0.455. The van der Waals surface area contributed by atoms with Crippen LogP contribution in [-0.4, -0.2) is 18.8 Å². The van der Waals surface area contributed by atoms with E-state index in [1.807, 2.05) is 24.3 Å². The molecule has 0 amide bonds. The molecule has 3 N–H and O–H groups in total. The van der Waals surface area contributed by atoms with Crippen LogP contribution in [0.2, 0.25) is 0 Å². The zero-order valence-electron chi connectivity index (χ0n) is 8.44. The second kappa shape index (κ2) is 5.75. The van der Waals surface area contributed by atoms with Gasteiger partial charge in [-0.25, -0.2) is 0 Å². The summed E-state index contributed by atoms with van der Waals surface area (Å²) in [7, 11) is 1.66. The Labute approximate surface area is 84.5 Å². The standard InChI is InChI=1S/C11H17NO2/c1-14-8-9-3-2-4-10(7-9)11(13)5-6-12/h2-4,7,11,13H,5-6,8,12H2,1H3. The molecule has 0 aliphatic rings. The topological polar surface area (TPSA) is 55.5 Å². The van der Waals surface area contributed by atoms with E-state index in [1.54, 1.807) is 7.11 Å². The quantitative estimate of drug-likeness (QED) is 0.742. The summed E-state index contributed by atoms with van der Waals surface area (Å²) in [5.74, 6) is 0. The van der Waals surface area contributed by atoms with Crippen molar-refractivity contribution in [2.45, 2.75) is 19.1 Å². The molecule has 0 saturated carbocycles. The normalized spacial score (nSPS) is 12.8. The molecule has 0 fully saturated rings. The number of benzene rings is 1. The maximum absolute atomic E-state index is 9.69. The maximum Gasteiger partial charge on any atom is 0.0802 e. The molecule has 1 rings (SSSR count). The number of ether oxygens (including phenoxy) is 1. The molecule has 0 aliphatic heterocycles. The fourth-order valence-corrected chi connectivity index (χ4v) is 1.38. The van der Waals surface area contributed by atoms with Crippen molar-refractivity contribution >= 4 is 0 Å². The van der Waals surface area contributed by atoms with Crippen molar-refractivity contribution < 1.29 is 9.84 Å². The molecule has 1 atom stereocenters. The number of methoxy groups -OCH3 is 1. The average Bonchev–Trinajstić information content (AvgIpc) is 2.19. The Morgan fingerprint density at radius 3 is 2.93 bits per heavy atom. The fourth-order valence-electron chi connectivity index (χ4n) is 1.38. The molecule has 0 saturated heterocycles. The second-order valence-corrected chi connectivity index (χ2v) is 3.27. The van der Waals surface area contributed by atoms with Crippen molar-refractivity contribution in [1.29, 1.82) is 0 Å². The highest BCUT2D eigenvalue weighted by atomic mass is 16.5. The number of rotatable bonds is 5. The zero-order valence-corrected chi connectivity index (χ0v) is 8.44. The summed E-state index contributed by atoms with van der Waals surface area (Å²) in [6.45, 7) is 1.07. The van der Waals surface area contributed by atoms with Crippen LogP contribution in [0, 0.1) is 0 Å². The van der Waals surface area contributed by atoms with E-state index in [4.69, 9.17) is 10.5 Å². The highest BCUT2D eigenvalue weighted by molar-refractivity contribution is 5.24. The lowest BCUT2D eigenvalue weighted by atomic mass is 10.0. The van der Waals surface area contributed by atoms with Crippen LogP contribution in [0.1, 0.15) is 23.7 Å². The molecule has 0 bridgehead atoms. The van der Waals surface area contributed by atoms with Gasteiger partial charge in [-0.05, 0) is 24.1 Å². The van der Waals surface area contributed by atoms with E-state index >= 15 is 0 Å². The molecule has 1 unspecified atom stereocenters. The van der Waals surface area contributed by atoms with Crippen molar-refractivity contribution in [2.75, 3.05) is 13.7 Å². The number of hydrogen-bond acceptors (Lipinski definition) is 3. The van der Waals surface area contributed by atoms with Gasteiger partial charge in [-0.15, -0.1) is 0 Å². The monoisotopic (exact) mass is 195 g/mol. The molecular formula is C11H17NO2.